The van der Waals surface area contributed by atoms with Crippen molar-refractivity contribution < 1.29 is 4.74 Å². The minimum Gasteiger partial charge on any atom is -0.370 e. The molecular weight excluding hydrogens is 290 g/mol. The van der Waals surface area contributed by atoms with Gasteiger partial charge in [0.25, 0.3) is 0 Å². The molecule has 6 heteroatoms. The summed E-state index contributed by atoms with van der Waals surface area (Å²) >= 11 is 0. The molecule has 0 amide bonds. The van der Waals surface area contributed by atoms with E-state index in [2.05, 4.69) is 25.6 Å². The fourth-order valence-electron chi connectivity index (χ4n) is 3.72. The van der Waals surface area contributed by atoms with Gasteiger partial charge in [-0.1, -0.05) is 0 Å². The maximum atomic E-state index is 5.92. The molecule has 0 unspecified atom stereocenters. The molecule has 4 heterocycles. The standard InChI is InChI=1S/C17H25N5O/c1-21-8-6-19-17(21)16-13(5-9-23-16)10-18-11-14-12-22-7-3-2-4-15(22)20-14/h6,8,12-13,16,18H,2-5,7,9-11H2,1H3/t13-,16+/m0/s1. The van der Waals surface area contributed by atoms with E-state index in [4.69, 9.17) is 9.72 Å². The molecule has 2 aliphatic rings. The molecule has 2 aromatic heterocycles. The Morgan fingerprint density at radius 2 is 2.35 bits per heavy atom. The van der Waals surface area contributed by atoms with Crippen molar-refractivity contribution in [1.82, 2.24) is 24.4 Å². The number of ether oxygens (including phenoxy) is 1. The van der Waals surface area contributed by atoms with Gasteiger partial charge in [0.05, 0.1) is 5.69 Å². The SMILES string of the molecule is Cn1ccnc1[C@@H]1OCC[C@H]1CNCc1cn2c(n1)CCCC2. The third kappa shape index (κ3) is 3.05. The zero-order valence-electron chi connectivity index (χ0n) is 13.7. The monoisotopic (exact) mass is 315 g/mol. The van der Waals surface area contributed by atoms with E-state index in [1.54, 1.807) is 0 Å². The predicted molar refractivity (Wildman–Crippen MR) is 86.9 cm³/mol. The number of aromatic nitrogens is 4. The van der Waals surface area contributed by atoms with Gasteiger partial charge in [-0.15, -0.1) is 0 Å². The smallest absolute Gasteiger partial charge is 0.137 e. The molecule has 0 saturated carbocycles. The summed E-state index contributed by atoms with van der Waals surface area (Å²) in [5.74, 6) is 2.77. The molecule has 0 aliphatic carbocycles. The highest BCUT2D eigenvalue weighted by atomic mass is 16.5. The number of nitrogens with zero attached hydrogens (tertiary/aromatic N) is 4. The van der Waals surface area contributed by atoms with Crippen LogP contribution in [0.4, 0.5) is 0 Å². The summed E-state index contributed by atoms with van der Waals surface area (Å²) in [5.41, 5.74) is 1.16. The molecule has 23 heavy (non-hydrogen) atoms. The quantitative estimate of drug-likeness (QED) is 0.914. The van der Waals surface area contributed by atoms with Gasteiger partial charge in [-0.25, -0.2) is 9.97 Å². The van der Waals surface area contributed by atoms with Crippen LogP contribution in [-0.4, -0.2) is 32.3 Å². The summed E-state index contributed by atoms with van der Waals surface area (Å²) in [4.78, 5) is 9.20. The molecule has 0 bridgehead atoms. The van der Waals surface area contributed by atoms with Crippen LogP contribution in [0.25, 0.3) is 0 Å². The van der Waals surface area contributed by atoms with Crippen LogP contribution in [0.5, 0.6) is 0 Å². The highest BCUT2D eigenvalue weighted by Gasteiger charge is 2.32. The Bertz CT molecular complexity index is 638. The molecule has 4 rings (SSSR count). The number of fused-ring (bicyclic) bond motifs is 1. The van der Waals surface area contributed by atoms with Crippen molar-refractivity contribution in [2.75, 3.05) is 13.2 Å². The van der Waals surface area contributed by atoms with Gasteiger partial charge >= 0.3 is 0 Å². The fraction of sp³-hybridized carbons (Fsp3) is 0.647. The zero-order valence-corrected chi connectivity index (χ0v) is 13.7. The molecular formula is C17H25N5O. The Balaban J connectivity index is 1.34. The van der Waals surface area contributed by atoms with Crippen LogP contribution in [0, 0.1) is 5.92 Å². The lowest BCUT2D eigenvalue weighted by Crippen LogP contribution is -2.25. The Hall–Kier alpha value is -1.66. The first-order chi connectivity index (χ1) is 11.3. The van der Waals surface area contributed by atoms with Gasteiger partial charge in [0.2, 0.25) is 0 Å². The molecule has 2 atom stereocenters. The van der Waals surface area contributed by atoms with Crippen molar-refractivity contribution >= 4 is 0 Å². The van der Waals surface area contributed by atoms with Gasteiger partial charge < -0.3 is 19.2 Å². The van der Waals surface area contributed by atoms with E-state index in [0.29, 0.717) is 5.92 Å². The molecule has 1 N–H and O–H groups in total. The third-order valence-electron chi connectivity index (χ3n) is 5.00. The first-order valence-electron chi connectivity index (χ1n) is 8.66. The lowest BCUT2D eigenvalue weighted by molar-refractivity contribution is 0.0810. The van der Waals surface area contributed by atoms with Crippen LogP contribution < -0.4 is 5.32 Å². The highest BCUT2D eigenvalue weighted by molar-refractivity contribution is 5.06. The van der Waals surface area contributed by atoms with E-state index in [-0.39, 0.29) is 6.10 Å². The number of hydrogen-bond acceptors (Lipinski definition) is 4. The number of hydrogen-bond donors (Lipinski definition) is 1. The van der Waals surface area contributed by atoms with E-state index < -0.39 is 0 Å². The third-order valence-corrected chi connectivity index (χ3v) is 5.00. The van der Waals surface area contributed by atoms with Crippen LogP contribution in [0.3, 0.4) is 0 Å². The van der Waals surface area contributed by atoms with E-state index in [0.717, 1.165) is 50.6 Å². The Kier molecular flexibility index (Phi) is 4.18. The van der Waals surface area contributed by atoms with Crippen molar-refractivity contribution in [2.45, 2.75) is 44.9 Å². The highest BCUT2D eigenvalue weighted by Crippen LogP contribution is 2.32. The fourth-order valence-corrected chi connectivity index (χ4v) is 3.72. The number of imidazole rings is 2. The second-order valence-corrected chi connectivity index (χ2v) is 6.67. The van der Waals surface area contributed by atoms with Crippen molar-refractivity contribution in [3.63, 3.8) is 0 Å². The van der Waals surface area contributed by atoms with Crippen LogP contribution in [0.2, 0.25) is 0 Å². The molecule has 1 saturated heterocycles. The van der Waals surface area contributed by atoms with E-state index >= 15 is 0 Å². The lowest BCUT2D eigenvalue weighted by Gasteiger charge is -2.18. The Morgan fingerprint density at radius 3 is 3.17 bits per heavy atom. The summed E-state index contributed by atoms with van der Waals surface area (Å²) in [5, 5.41) is 3.57. The number of rotatable bonds is 5. The minimum atomic E-state index is 0.109. The summed E-state index contributed by atoms with van der Waals surface area (Å²) < 4.78 is 10.3. The van der Waals surface area contributed by atoms with Crippen LogP contribution in [-0.2, 0) is 31.3 Å². The average Bonchev–Trinajstić information content (AvgIpc) is 3.26. The van der Waals surface area contributed by atoms with Crippen molar-refractivity contribution in [1.29, 1.82) is 0 Å². The van der Waals surface area contributed by atoms with E-state index in [1.165, 1.54) is 18.7 Å². The molecule has 2 aromatic rings. The lowest BCUT2D eigenvalue weighted by atomic mass is 10.0. The molecule has 6 nitrogen and oxygen atoms in total. The zero-order chi connectivity index (χ0) is 15.6. The van der Waals surface area contributed by atoms with Gasteiger partial charge in [-0.2, -0.15) is 0 Å². The largest absolute Gasteiger partial charge is 0.370 e. The van der Waals surface area contributed by atoms with Crippen LogP contribution >= 0.6 is 0 Å². The number of aryl methyl sites for hydroxylation is 3. The van der Waals surface area contributed by atoms with Crippen molar-refractivity contribution in [3.8, 4) is 0 Å². The first kappa shape index (κ1) is 14.9. The maximum absolute atomic E-state index is 5.92. The topological polar surface area (TPSA) is 56.9 Å². The van der Waals surface area contributed by atoms with Gasteiger partial charge in [0.15, 0.2) is 0 Å². The summed E-state index contributed by atoms with van der Waals surface area (Å²) in [6.45, 7) is 3.73. The molecule has 0 aromatic carbocycles. The average molecular weight is 315 g/mol. The predicted octanol–water partition coefficient (Wildman–Crippen LogP) is 1.82. The maximum Gasteiger partial charge on any atom is 0.137 e. The Morgan fingerprint density at radius 1 is 1.39 bits per heavy atom. The Labute approximate surface area is 136 Å². The second kappa shape index (κ2) is 6.45. The molecule has 0 radical (unpaired) electrons. The van der Waals surface area contributed by atoms with Crippen molar-refractivity contribution in [3.05, 3.63) is 35.9 Å². The van der Waals surface area contributed by atoms with Crippen LogP contribution in [0.1, 0.15) is 42.7 Å². The van der Waals surface area contributed by atoms with Crippen LogP contribution in [0.15, 0.2) is 18.6 Å². The molecule has 0 spiro atoms. The van der Waals surface area contributed by atoms with E-state index in [9.17, 15) is 0 Å². The number of nitrogens with one attached hydrogen (secondary N) is 1. The summed E-state index contributed by atoms with van der Waals surface area (Å²) in [7, 11) is 2.03. The minimum absolute atomic E-state index is 0.109. The normalized spacial score (nSPS) is 24.0. The van der Waals surface area contributed by atoms with Gasteiger partial charge in [0.1, 0.15) is 17.8 Å². The molecule has 1 fully saturated rings. The molecule has 2 aliphatic heterocycles. The summed E-state index contributed by atoms with van der Waals surface area (Å²) in [6, 6.07) is 0. The van der Waals surface area contributed by atoms with Gasteiger partial charge in [-0.05, 0) is 19.3 Å². The van der Waals surface area contributed by atoms with E-state index in [1.807, 2.05) is 19.4 Å². The molecule has 124 valence electrons. The van der Waals surface area contributed by atoms with Gasteiger partial charge in [0, 0.05) is 64.2 Å². The first-order valence-corrected chi connectivity index (χ1v) is 8.66. The summed E-state index contributed by atoms with van der Waals surface area (Å²) in [6.07, 6.45) is 10.9. The second-order valence-electron chi connectivity index (χ2n) is 6.67. The van der Waals surface area contributed by atoms with Gasteiger partial charge in [-0.3, -0.25) is 0 Å². The van der Waals surface area contributed by atoms with Crippen molar-refractivity contribution in [2.24, 2.45) is 13.0 Å².